The lowest BCUT2D eigenvalue weighted by Gasteiger charge is -2.27. The Morgan fingerprint density at radius 1 is 1.32 bits per heavy atom. The van der Waals surface area contributed by atoms with E-state index in [0.29, 0.717) is 17.6 Å². The van der Waals surface area contributed by atoms with E-state index < -0.39 is 0 Å². The summed E-state index contributed by atoms with van der Waals surface area (Å²) in [6, 6.07) is 10.4. The molecule has 0 aliphatic carbocycles. The van der Waals surface area contributed by atoms with Crippen molar-refractivity contribution in [3.63, 3.8) is 0 Å². The molecule has 2 aromatic heterocycles. The van der Waals surface area contributed by atoms with Crippen LogP contribution in [-0.2, 0) is 11.2 Å². The lowest BCUT2D eigenvalue weighted by atomic mass is 10.0. The van der Waals surface area contributed by atoms with Crippen LogP contribution >= 0.6 is 0 Å². The maximum Gasteiger partial charge on any atom is 0.157 e. The summed E-state index contributed by atoms with van der Waals surface area (Å²) >= 11 is 0. The molecule has 3 heterocycles. The molecule has 0 atom stereocenters. The Kier molecular flexibility index (Phi) is 5.29. The van der Waals surface area contributed by atoms with E-state index in [1.165, 1.54) is 0 Å². The summed E-state index contributed by atoms with van der Waals surface area (Å²) in [6.07, 6.45) is 2.59. The lowest BCUT2D eigenvalue weighted by molar-refractivity contribution is 0.0398. The minimum atomic E-state index is 0.631. The molecule has 28 heavy (non-hydrogen) atoms. The Labute approximate surface area is 165 Å². The van der Waals surface area contributed by atoms with Gasteiger partial charge < -0.3 is 10.1 Å². The number of anilines is 1. The van der Waals surface area contributed by atoms with Crippen molar-refractivity contribution in [1.82, 2.24) is 14.3 Å². The van der Waals surface area contributed by atoms with Crippen LogP contribution in [0.25, 0.3) is 16.7 Å². The highest BCUT2D eigenvalue weighted by Gasteiger charge is 2.20. The third-order valence-corrected chi connectivity index (χ3v) is 5.41. The molecular weight excluding hydrogens is 350 g/mol. The average molecular weight is 375 g/mol. The normalized spacial score (nSPS) is 15.0. The summed E-state index contributed by atoms with van der Waals surface area (Å²) < 4.78 is 7.53. The zero-order chi connectivity index (χ0) is 19.5. The molecule has 0 bridgehead atoms. The predicted molar refractivity (Wildman–Crippen MR) is 112 cm³/mol. The van der Waals surface area contributed by atoms with E-state index in [9.17, 15) is 5.26 Å². The third kappa shape index (κ3) is 3.24. The van der Waals surface area contributed by atoms with Crippen LogP contribution in [0.4, 0.5) is 5.82 Å². The van der Waals surface area contributed by atoms with Gasteiger partial charge >= 0.3 is 0 Å². The van der Waals surface area contributed by atoms with Crippen molar-refractivity contribution in [2.45, 2.75) is 13.3 Å². The van der Waals surface area contributed by atoms with Crippen LogP contribution in [0.15, 0.2) is 36.9 Å². The molecule has 6 nitrogen and oxygen atoms in total. The predicted octanol–water partition coefficient (Wildman–Crippen LogP) is 3.14. The van der Waals surface area contributed by atoms with E-state index in [1.807, 2.05) is 31.2 Å². The first-order valence-corrected chi connectivity index (χ1v) is 9.72. The second-order valence-corrected chi connectivity index (χ2v) is 7.07. The highest BCUT2D eigenvalue weighted by molar-refractivity contribution is 5.86. The topological polar surface area (TPSA) is 65.6 Å². The van der Waals surface area contributed by atoms with Gasteiger partial charge in [0, 0.05) is 31.7 Å². The Hall–Kier alpha value is -2.88. The van der Waals surface area contributed by atoms with E-state index in [4.69, 9.17) is 9.72 Å². The fourth-order valence-corrected chi connectivity index (χ4v) is 3.92. The van der Waals surface area contributed by atoms with Gasteiger partial charge in [-0.15, -0.1) is 6.58 Å². The number of nitrogens with one attached hydrogen (secondary N) is 1. The molecular formula is C22H25N5O. The molecule has 144 valence electrons. The van der Waals surface area contributed by atoms with Crippen LogP contribution in [0.5, 0.6) is 0 Å². The average Bonchev–Trinajstić information content (AvgIpc) is 3.10. The summed E-state index contributed by atoms with van der Waals surface area (Å²) in [5.74, 6) is 1.01. The number of hydrogen-bond acceptors (Lipinski definition) is 5. The summed E-state index contributed by atoms with van der Waals surface area (Å²) in [6.45, 7) is 11.2. The number of fused-ring (bicyclic) bond motifs is 3. The maximum atomic E-state index is 9.80. The van der Waals surface area contributed by atoms with Gasteiger partial charge in [0.1, 0.15) is 11.9 Å². The molecule has 4 rings (SSSR count). The van der Waals surface area contributed by atoms with Gasteiger partial charge in [0.05, 0.1) is 29.8 Å². The first kappa shape index (κ1) is 18.5. The zero-order valence-electron chi connectivity index (χ0n) is 16.2. The first-order chi connectivity index (χ1) is 13.7. The summed E-state index contributed by atoms with van der Waals surface area (Å²) in [7, 11) is 0. The van der Waals surface area contributed by atoms with Crippen molar-refractivity contribution in [3.05, 3.63) is 53.6 Å². The largest absolute Gasteiger partial charge is 0.379 e. The molecule has 1 fully saturated rings. The second kappa shape index (κ2) is 8.01. The lowest BCUT2D eigenvalue weighted by Crippen LogP contribution is -2.39. The number of nitriles is 1. The number of hydrogen-bond donors (Lipinski definition) is 1. The van der Waals surface area contributed by atoms with E-state index in [1.54, 1.807) is 0 Å². The minimum Gasteiger partial charge on any atom is -0.379 e. The second-order valence-electron chi connectivity index (χ2n) is 7.07. The molecule has 0 spiro atoms. The fraction of sp³-hybridized carbons (Fsp3) is 0.364. The number of morpholine rings is 1. The molecule has 0 saturated carbocycles. The standard InChI is InChI=1S/C22H25N5O/c1-3-6-17-16(2)18(15-23)22-25-19-7-4-5-8-20(19)27(22)21(17)24-9-10-26-11-13-28-14-12-26/h3-5,7-8,24H,1,6,9-14H2,2H3. The van der Waals surface area contributed by atoms with Crippen molar-refractivity contribution in [2.75, 3.05) is 44.7 Å². The molecule has 1 aromatic carbocycles. The van der Waals surface area contributed by atoms with Crippen molar-refractivity contribution >= 4 is 22.5 Å². The maximum absolute atomic E-state index is 9.80. The number of aromatic nitrogens is 2. The van der Waals surface area contributed by atoms with Gasteiger partial charge in [-0.25, -0.2) is 4.98 Å². The number of nitrogens with zero attached hydrogens (tertiary/aromatic N) is 4. The number of allylic oxidation sites excluding steroid dienone is 1. The number of pyridine rings is 1. The van der Waals surface area contributed by atoms with Crippen LogP contribution in [0.1, 0.15) is 16.7 Å². The Morgan fingerprint density at radius 3 is 2.86 bits per heavy atom. The van der Waals surface area contributed by atoms with Gasteiger partial charge in [-0.2, -0.15) is 5.26 Å². The van der Waals surface area contributed by atoms with Crippen molar-refractivity contribution in [1.29, 1.82) is 5.26 Å². The van der Waals surface area contributed by atoms with Gasteiger partial charge in [0.15, 0.2) is 5.65 Å². The highest BCUT2D eigenvalue weighted by Crippen LogP contribution is 2.31. The first-order valence-electron chi connectivity index (χ1n) is 9.72. The smallest absolute Gasteiger partial charge is 0.157 e. The fourth-order valence-electron chi connectivity index (χ4n) is 3.92. The summed E-state index contributed by atoms with van der Waals surface area (Å²) in [4.78, 5) is 7.16. The van der Waals surface area contributed by atoms with E-state index >= 15 is 0 Å². The van der Waals surface area contributed by atoms with Gasteiger partial charge in [0.25, 0.3) is 0 Å². The molecule has 6 heteroatoms. The van der Waals surface area contributed by atoms with Crippen molar-refractivity contribution in [2.24, 2.45) is 0 Å². The van der Waals surface area contributed by atoms with Gasteiger partial charge in [0.2, 0.25) is 0 Å². The molecule has 0 unspecified atom stereocenters. The van der Waals surface area contributed by atoms with Gasteiger partial charge in [-0.05, 0) is 31.0 Å². The summed E-state index contributed by atoms with van der Waals surface area (Å²) in [5.41, 5.74) is 5.32. The van der Waals surface area contributed by atoms with E-state index in [-0.39, 0.29) is 0 Å². The molecule has 1 N–H and O–H groups in total. The van der Waals surface area contributed by atoms with Gasteiger partial charge in [-0.1, -0.05) is 18.2 Å². The number of imidazole rings is 1. The SMILES string of the molecule is C=CCc1c(C)c(C#N)c2nc3ccccc3n2c1NCCN1CCOCC1. The van der Waals surface area contributed by atoms with Crippen LogP contribution in [0, 0.1) is 18.3 Å². The summed E-state index contributed by atoms with van der Waals surface area (Å²) in [5, 5.41) is 13.4. The van der Waals surface area contributed by atoms with Crippen molar-refractivity contribution < 1.29 is 4.74 Å². The molecule has 0 amide bonds. The number of para-hydroxylation sites is 2. The third-order valence-electron chi connectivity index (χ3n) is 5.41. The van der Waals surface area contributed by atoms with Gasteiger partial charge in [-0.3, -0.25) is 9.30 Å². The minimum absolute atomic E-state index is 0.631. The number of benzene rings is 1. The highest BCUT2D eigenvalue weighted by atomic mass is 16.5. The quantitative estimate of drug-likeness (QED) is 0.671. The Morgan fingerprint density at radius 2 is 2.11 bits per heavy atom. The van der Waals surface area contributed by atoms with E-state index in [0.717, 1.165) is 67.4 Å². The molecule has 1 aliphatic rings. The molecule has 1 aliphatic heterocycles. The number of ether oxygens (including phenoxy) is 1. The van der Waals surface area contributed by atoms with Crippen LogP contribution in [-0.4, -0.2) is 53.7 Å². The Bertz CT molecular complexity index is 1060. The van der Waals surface area contributed by atoms with Crippen molar-refractivity contribution in [3.8, 4) is 6.07 Å². The monoisotopic (exact) mass is 375 g/mol. The van der Waals surface area contributed by atoms with Crippen LogP contribution in [0.2, 0.25) is 0 Å². The molecule has 1 saturated heterocycles. The van der Waals surface area contributed by atoms with E-state index in [2.05, 4.69) is 33.3 Å². The molecule has 0 radical (unpaired) electrons. The van der Waals surface area contributed by atoms with Crippen LogP contribution < -0.4 is 5.32 Å². The zero-order valence-corrected chi connectivity index (χ0v) is 16.2. The van der Waals surface area contributed by atoms with Crippen LogP contribution in [0.3, 0.4) is 0 Å². The number of rotatable bonds is 6. The molecule has 3 aromatic rings. The Balaban J connectivity index is 1.80.